The minimum atomic E-state index is -2.38. The van der Waals surface area contributed by atoms with Crippen molar-refractivity contribution < 1.29 is 36.6 Å². The fraction of sp³-hybridized carbons (Fsp3) is 0.259. The van der Waals surface area contributed by atoms with E-state index in [0.717, 1.165) is 6.42 Å². The van der Waals surface area contributed by atoms with Gasteiger partial charge in [0.05, 0.1) is 17.9 Å². The lowest BCUT2D eigenvalue weighted by Crippen LogP contribution is -2.44. The van der Waals surface area contributed by atoms with Gasteiger partial charge in [0, 0.05) is 0 Å². The number of aliphatic hydroxyl groups is 1. The van der Waals surface area contributed by atoms with Crippen molar-refractivity contribution in [1.82, 2.24) is 0 Å². The molecule has 5 nitrogen and oxygen atoms in total. The van der Waals surface area contributed by atoms with Gasteiger partial charge in [0.1, 0.15) is 11.7 Å². The summed E-state index contributed by atoms with van der Waals surface area (Å²) in [4.78, 5) is 27.4. The Hall–Kier alpha value is -3.79. The van der Waals surface area contributed by atoms with Gasteiger partial charge in [0.25, 0.3) is 11.8 Å². The van der Waals surface area contributed by atoms with Gasteiger partial charge in [0.15, 0.2) is 23.3 Å². The number of anilines is 2. The number of aryl methyl sites for hydroxylation is 1. The molecule has 4 rings (SSSR count). The molecule has 10 heteroatoms. The van der Waals surface area contributed by atoms with E-state index in [1.165, 1.54) is 23.1 Å². The summed E-state index contributed by atoms with van der Waals surface area (Å²) in [7, 11) is 0. The fourth-order valence-electron chi connectivity index (χ4n) is 4.12. The van der Waals surface area contributed by atoms with Crippen LogP contribution in [0.4, 0.5) is 33.3 Å². The first kappa shape index (κ1) is 26.3. The Morgan fingerprint density at radius 2 is 1.54 bits per heavy atom. The minimum absolute atomic E-state index is 0.0156. The molecule has 1 fully saturated rings. The van der Waals surface area contributed by atoms with Gasteiger partial charge in [-0.2, -0.15) is 0 Å². The highest BCUT2D eigenvalue weighted by atomic mass is 19.2. The average Bonchev–Trinajstić information content (AvgIpc) is 2.85. The largest absolute Gasteiger partial charge is 0.383 e. The van der Waals surface area contributed by atoms with Crippen molar-refractivity contribution in [2.24, 2.45) is 5.92 Å². The second-order valence-electron chi connectivity index (χ2n) is 8.97. The summed E-state index contributed by atoms with van der Waals surface area (Å²) < 4.78 is 69.3. The van der Waals surface area contributed by atoms with Crippen molar-refractivity contribution in [3.8, 4) is 0 Å². The number of hydrogen-bond acceptors (Lipinski definition) is 3. The number of rotatable bonds is 7. The lowest BCUT2D eigenvalue weighted by atomic mass is 9.80. The lowest BCUT2D eigenvalue weighted by molar-refractivity contribution is -0.131. The number of carbonyl (C=O) groups excluding carboxylic acids is 2. The number of nitrogens with one attached hydrogen (secondary N) is 1. The Kier molecular flexibility index (Phi) is 7.58. The van der Waals surface area contributed by atoms with Gasteiger partial charge in [-0.3, -0.25) is 9.59 Å². The van der Waals surface area contributed by atoms with Crippen LogP contribution in [0.25, 0.3) is 0 Å². The van der Waals surface area contributed by atoms with Crippen LogP contribution in [0, 0.1) is 41.9 Å². The van der Waals surface area contributed by atoms with E-state index in [-0.39, 0.29) is 23.8 Å². The molecule has 3 aromatic rings. The van der Waals surface area contributed by atoms with Gasteiger partial charge in [-0.25, -0.2) is 22.0 Å². The quantitative estimate of drug-likeness (QED) is 0.242. The molecular weight excluding hydrogens is 495 g/mol. The molecule has 37 heavy (non-hydrogen) atoms. The van der Waals surface area contributed by atoms with E-state index >= 15 is 0 Å². The Labute approximate surface area is 209 Å². The van der Waals surface area contributed by atoms with Crippen LogP contribution < -0.4 is 10.2 Å². The molecule has 0 aliphatic heterocycles. The van der Waals surface area contributed by atoms with Crippen molar-refractivity contribution in [3.05, 3.63) is 94.3 Å². The maximum Gasteiger partial charge on any atom is 0.261 e. The predicted octanol–water partition coefficient (Wildman–Crippen LogP) is 5.64. The zero-order chi connectivity index (χ0) is 26.9. The summed E-state index contributed by atoms with van der Waals surface area (Å²) in [5, 5.41) is 12.9. The van der Waals surface area contributed by atoms with Crippen LogP contribution in [-0.4, -0.2) is 23.0 Å². The van der Waals surface area contributed by atoms with E-state index < -0.39 is 52.6 Å². The summed E-state index contributed by atoms with van der Waals surface area (Å²) in [5.74, 6) is -13.9. The fourth-order valence-corrected chi connectivity index (χ4v) is 4.12. The number of carbonyl (C=O) groups is 2. The van der Waals surface area contributed by atoms with Crippen LogP contribution in [0.5, 0.6) is 0 Å². The number of halogens is 5. The number of benzene rings is 3. The standard InChI is InChI=1S/C27H23F5N2O3/c1-14-10-11-17(33-26(36)19-20(28)22(30)24(32)23(31)21(19)29)18(12-14)34(13-15-6-3-2-4-7-15)27(37)25(35)16-8-5-9-16/h2-4,6-7,10-12,16,25,35H,5,8-9,13H2,1H3,(H,33,36). The van der Waals surface area contributed by atoms with E-state index in [1.54, 1.807) is 37.3 Å². The van der Waals surface area contributed by atoms with E-state index in [4.69, 9.17) is 0 Å². The van der Waals surface area contributed by atoms with Gasteiger partial charge >= 0.3 is 0 Å². The molecule has 2 amide bonds. The van der Waals surface area contributed by atoms with E-state index in [9.17, 15) is 36.6 Å². The molecule has 1 saturated carbocycles. The van der Waals surface area contributed by atoms with Crippen LogP contribution >= 0.6 is 0 Å². The summed E-state index contributed by atoms with van der Waals surface area (Å²) in [6.07, 6.45) is 0.895. The molecule has 1 unspecified atom stereocenters. The highest BCUT2D eigenvalue weighted by Crippen LogP contribution is 2.35. The first-order valence-electron chi connectivity index (χ1n) is 11.6. The minimum Gasteiger partial charge on any atom is -0.383 e. The third-order valence-electron chi connectivity index (χ3n) is 6.43. The van der Waals surface area contributed by atoms with Crippen LogP contribution in [0.2, 0.25) is 0 Å². The molecule has 1 aliphatic rings. The Bertz CT molecular complexity index is 1320. The second-order valence-corrected chi connectivity index (χ2v) is 8.97. The maximum atomic E-state index is 14.3. The summed E-state index contributed by atoms with van der Waals surface area (Å²) in [6, 6.07) is 13.2. The molecule has 0 heterocycles. The molecule has 0 saturated heterocycles. The molecule has 2 N–H and O–H groups in total. The molecule has 3 aromatic carbocycles. The predicted molar refractivity (Wildman–Crippen MR) is 126 cm³/mol. The number of aliphatic hydroxyl groups excluding tert-OH is 1. The Morgan fingerprint density at radius 3 is 2.11 bits per heavy atom. The maximum absolute atomic E-state index is 14.3. The van der Waals surface area contributed by atoms with Crippen molar-refractivity contribution in [3.63, 3.8) is 0 Å². The molecule has 1 aliphatic carbocycles. The topological polar surface area (TPSA) is 69.6 Å². The number of amides is 2. The summed E-state index contributed by atoms with van der Waals surface area (Å²) >= 11 is 0. The monoisotopic (exact) mass is 518 g/mol. The van der Waals surface area contributed by atoms with Crippen molar-refractivity contribution >= 4 is 23.2 Å². The first-order chi connectivity index (χ1) is 17.6. The zero-order valence-electron chi connectivity index (χ0n) is 19.7. The molecule has 194 valence electrons. The average molecular weight is 518 g/mol. The molecule has 0 radical (unpaired) electrons. The van der Waals surface area contributed by atoms with Crippen molar-refractivity contribution in [2.75, 3.05) is 10.2 Å². The van der Waals surface area contributed by atoms with E-state index in [1.807, 2.05) is 0 Å². The lowest BCUT2D eigenvalue weighted by Gasteiger charge is -2.34. The summed E-state index contributed by atoms with van der Waals surface area (Å²) in [6.45, 7) is 1.69. The molecule has 0 bridgehead atoms. The smallest absolute Gasteiger partial charge is 0.261 e. The first-order valence-corrected chi connectivity index (χ1v) is 11.6. The van der Waals surface area contributed by atoms with E-state index in [2.05, 4.69) is 5.32 Å². The van der Waals surface area contributed by atoms with Crippen molar-refractivity contribution in [2.45, 2.75) is 38.8 Å². The number of nitrogens with zero attached hydrogens (tertiary/aromatic N) is 1. The molecular formula is C27H23F5N2O3. The second kappa shape index (κ2) is 10.7. The third-order valence-corrected chi connectivity index (χ3v) is 6.43. The van der Waals surface area contributed by atoms with Gasteiger partial charge in [-0.15, -0.1) is 0 Å². The zero-order valence-corrected chi connectivity index (χ0v) is 19.7. The van der Waals surface area contributed by atoms with Crippen LogP contribution in [-0.2, 0) is 11.3 Å². The third kappa shape index (κ3) is 5.20. The van der Waals surface area contributed by atoms with Crippen LogP contribution in [0.3, 0.4) is 0 Å². The Balaban J connectivity index is 1.76. The summed E-state index contributed by atoms with van der Waals surface area (Å²) in [5.41, 5.74) is -0.351. The van der Waals surface area contributed by atoms with Gasteiger partial charge in [-0.05, 0) is 48.9 Å². The normalized spacial score (nSPS) is 14.1. The van der Waals surface area contributed by atoms with Crippen LogP contribution in [0.15, 0.2) is 48.5 Å². The van der Waals surface area contributed by atoms with Gasteiger partial charge in [0.2, 0.25) is 5.82 Å². The SMILES string of the molecule is Cc1ccc(NC(=O)c2c(F)c(F)c(F)c(F)c2F)c(N(Cc2ccccc2)C(=O)C(O)C2CCC2)c1. The highest BCUT2D eigenvalue weighted by Gasteiger charge is 2.35. The number of hydrogen-bond donors (Lipinski definition) is 2. The van der Waals surface area contributed by atoms with Gasteiger partial charge in [-0.1, -0.05) is 42.8 Å². The molecule has 1 atom stereocenters. The Morgan fingerprint density at radius 1 is 0.946 bits per heavy atom. The van der Waals surface area contributed by atoms with E-state index in [0.29, 0.717) is 24.0 Å². The van der Waals surface area contributed by atoms with Crippen LogP contribution in [0.1, 0.15) is 40.7 Å². The van der Waals surface area contributed by atoms with Gasteiger partial charge < -0.3 is 15.3 Å². The molecule has 0 spiro atoms. The van der Waals surface area contributed by atoms with Crippen molar-refractivity contribution in [1.29, 1.82) is 0 Å². The highest BCUT2D eigenvalue weighted by molar-refractivity contribution is 6.08. The molecule has 0 aromatic heterocycles.